The van der Waals surface area contributed by atoms with Crippen molar-refractivity contribution in [2.75, 3.05) is 0 Å². The van der Waals surface area contributed by atoms with E-state index in [2.05, 4.69) is 83.1 Å². The third kappa shape index (κ3) is 5.21. The molecule has 0 saturated heterocycles. The van der Waals surface area contributed by atoms with Crippen LogP contribution >= 0.6 is 15.8 Å². The number of aryl methyl sites for hydroxylation is 4. The van der Waals surface area contributed by atoms with Crippen molar-refractivity contribution in [2.45, 2.75) is 65.2 Å². The number of rotatable bonds is 7. The highest BCUT2D eigenvalue weighted by atomic mass is 31.1. The van der Waals surface area contributed by atoms with Crippen LogP contribution in [-0.2, 0) is 0 Å². The highest BCUT2D eigenvalue weighted by Gasteiger charge is 2.43. The lowest BCUT2D eigenvalue weighted by molar-refractivity contribution is 0.540. The van der Waals surface area contributed by atoms with Crippen molar-refractivity contribution in [3.63, 3.8) is 0 Å². The minimum atomic E-state index is -0.660. The Hall–Kier alpha value is -2.14. The van der Waals surface area contributed by atoms with Gasteiger partial charge in [0.15, 0.2) is 0 Å². The minimum absolute atomic E-state index is 0.505. The Balaban J connectivity index is 1.58. The molecule has 5 rings (SSSR count). The number of hydrogen-bond acceptors (Lipinski definition) is 2. The highest BCUT2D eigenvalue weighted by molar-refractivity contribution is 7.74. The molecule has 2 nitrogen and oxygen atoms in total. The fourth-order valence-electron chi connectivity index (χ4n) is 6.09. The van der Waals surface area contributed by atoms with Gasteiger partial charge >= 0.3 is 0 Å². The third-order valence-corrected chi connectivity index (χ3v) is 12.9. The molecule has 1 saturated carbocycles. The van der Waals surface area contributed by atoms with E-state index in [-0.39, 0.29) is 0 Å². The lowest BCUT2D eigenvalue weighted by atomic mass is 10.0. The van der Waals surface area contributed by atoms with Gasteiger partial charge in [0.1, 0.15) is 11.0 Å². The van der Waals surface area contributed by atoms with Crippen molar-refractivity contribution in [1.29, 1.82) is 0 Å². The maximum Gasteiger partial charge on any atom is 0.133 e. The predicted molar refractivity (Wildman–Crippen MR) is 152 cm³/mol. The minimum Gasteiger partial charge on any atom is -0.464 e. The van der Waals surface area contributed by atoms with Crippen LogP contribution in [0.25, 0.3) is 0 Å². The van der Waals surface area contributed by atoms with Crippen LogP contribution in [0.15, 0.2) is 82.0 Å². The largest absolute Gasteiger partial charge is 0.464 e. The first-order valence-corrected chi connectivity index (χ1v) is 15.5. The van der Waals surface area contributed by atoms with Gasteiger partial charge in [0, 0.05) is 7.92 Å². The number of hydrogen-bond donors (Lipinski definition) is 0. The molecule has 4 heteroatoms. The topological polar surface area (TPSA) is 26.3 Å². The number of benzene rings is 2. The molecule has 2 aromatic heterocycles. The quantitative estimate of drug-likeness (QED) is 0.249. The molecule has 0 spiro atoms. The molecular weight excluding hydrogens is 466 g/mol. The molecule has 1 aliphatic carbocycles. The molecule has 0 bridgehead atoms. The summed E-state index contributed by atoms with van der Waals surface area (Å²) >= 11 is 0. The van der Waals surface area contributed by atoms with Gasteiger partial charge in [-0.2, -0.15) is 0 Å². The summed E-state index contributed by atoms with van der Waals surface area (Å²) in [6.45, 7) is 11.5. The van der Waals surface area contributed by atoms with Crippen molar-refractivity contribution in [3.8, 4) is 0 Å². The first-order chi connectivity index (χ1) is 16.9. The Morgan fingerprint density at radius 3 is 1.63 bits per heavy atom. The molecule has 1 fully saturated rings. The summed E-state index contributed by atoms with van der Waals surface area (Å²) in [6.07, 6.45) is 7.44. The SMILES string of the molecule is Cc1cc(C)cc(P(c2cc(C)cc(C)c2)[C@H](C)C2CCCC2P(c2ccco2)c2ccco2)c1. The smallest absolute Gasteiger partial charge is 0.133 e. The van der Waals surface area contributed by atoms with Crippen LogP contribution in [0.1, 0.15) is 48.4 Å². The van der Waals surface area contributed by atoms with E-state index in [9.17, 15) is 0 Å². The zero-order valence-corrected chi connectivity index (χ0v) is 23.3. The predicted octanol–water partition coefficient (Wildman–Crippen LogP) is 7.23. The molecule has 182 valence electrons. The monoisotopic (exact) mass is 502 g/mol. The fraction of sp³-hybridized carbons (Fsp3) is 0.355. The summed E-state index contributed by atoms with van der Waals surface area (Å²) in [5.74, 6) is 0.629. The summed E-state index contributed by atoms with van der Waals surface area (Å²) in [5, 5.41) is 3.03. The van der Waals surface area contributed by atoms with Gasteiger partial charge in [0.25, 0.3) is 0 Å². The summed E-state index contributed by atoms with van der Waals surface area (Å²) in [7, 11) is -1.17. The second kappa shape index (κ2) is 10.5. The van der Waals surface area contributed by atoms with E-state index < -0.39 is 15.8 Å². The van der Waals surface area contributed by atoms with Gasteiger partial charge in [-0.25, -0.2) is 0 Å². The highest BCUT2D eigenvalue weighted by Crippen LogP contribution is 2.56. The van der Waals surface area contributed by atoms with E-state index in [0.717, 1.165) is 11.0 Å². The second-order valence-corrected chi connectivity index (χ2v) is 15.1. The Bertz CT molecular complexity index is 1130. The van der Waals surface area contributed by atoms with Crippen molar-refractivity contribution < 1.29 is 8.83 Å². The maximum atomic E-state index is 6.03. The van der Waals surface area contributed by atoms with Gasteiger partial charge in [0.05, 0.1) is 12.5 Å². The van der Waals surface area contributed by atoms with Gasteiger partial charge in [-0.1, -0.05) is 72.0 Å². The molecule has 1 aliphatic rings. The molecule has 0 radical (unpaired) electrons. The maximum absolute atomic E-state index is 6.03. The molecule has 3 atom stereocenters. The van der Waals surface area contributed by atoms with E-state index in [4.69, 9.17) is 8.83 Å². The van der Waals surface area contributed by atoms with Crippen molar-refractivity contribution >= 4 is 37.5 Å². The van der Waals surface area contributed by atoms with Gasteiger partial charge in [-0.05, 0) is 101 Å². The Kier molecular flexibility index (Phi) is 7.34. The average molecular weight is 503 g/mol. The molecule has 2 aromatic carbocycles. The normalized spacial score (nSPS) is 19.1. The summed E-state index contributed by atoms with van der Waals surface area (Å²) in [6, 6.07) is 22.7. The lowest BCUT2D eigenvalue weighted by Gasteiger charge is -2.36. The van der Waals surface area contributed by atoms with Gasteiger partial charge in [0.2, 0.25) is 0 Å². The summed E-state index contributed by atoms with van der Waals surface area (Å²) in [5.41, 5.74) is 8.78. The van der Waals surface area contributed by atoms with Crippen LogP contribution in [0.2, 0.25) is 0 Å². The van der Waals surface area contributed by atoms with Crippen LogP contribution in [0.4, 0.5) is 0 Å². The molecule has 0 amide bonds. The third-order valence-electron chi connectivity index (χ3n) is 7.35. The Morgan fingerprint density at radius 1 is 0.714 bits per heavy atom. The van der Waals surface area contributed by atoms with Crippen molar-refractivity contribution in [1.82, 2.24) is 0 Å². The zero-order valence-electron chi connectivity index (χ0n) is 21.5. The van der Waals surface area contributed by atoms with Crippen LogP contribution in [0.5, 0.6) is 0 Å². The summed E-state index contributed by atoms with van der Waals surface area (Å²) < 4.78 is 12.1. The standard InChI is InChI=1S/C31H36O2P2/c1-21-15-22(2)18-26(17-21)34(27-19-23(3)16-24(4)20-27)25(5)28-9-6-10-29(28)35(30-11-7-13-32-30)31-12-8-14-33-31/h7-8,11-20,25,28-29H,6,9-10H2,1-5H3/t25-,28?,29?/m1/s1. The van der Waals surface area contributed by atoms with Gasteiger partial charge in [-0.15, -0.1) is 0 Å². The molecule has 0 N–H and O–H groups in total. The fourth-order valence-corrected chi connectivity index (χ4v) is 12.5. The van der Waals surface area contributed by atoms with E-state index in [1.165, 1.54) is 52.1 Å². The molecule has 2 unspecified atom stereocenters. The van der Waals surface area contributed by atoms with Crippen LogP contribution in [-0.4, -0.2) is 11.3 Å². The molecular formula is C31H36O2P2. The lowest BCUT2D eigenvalue weighted by Crippen LogP contribution is -2.33. The first kappa shape index (κ1) is 24.5. The summed E-state index contributed by atoms with van der Waals surface area (Å²) in [4.78, 5) is 0. The van der Waals surface area contributed by atoms with Crippen molar-refractivity contribution in [2.24, 2.45) is 5.92 Å². The van der Waals surface area contributed by atoms with Crippen LogP contribution < -0.4 is 21.6 Å². The van der Waals surface area contributed by atoms with E-state index >= 15 is 0 Å². The van der Waals surface area contributed by atoms with Gasteiger partial charge < -0.3 is 8.83 Å². The Morgan fingerprint density at radius 2 is 1.20 bits per heavy atom. The zero-order chi connectivity index (χ0) is 24.5. The van der Waals surface area contributed by atoms with Gasteiger partial charge in [-0.3, -0.25) is 0 Å². The molecule has 2 heterocycles. The molecule has 0 aliphatic heterocycles. The van der Waals surface area contributed by atoms with Crippen LogP contribution in [0.3, 0.4) is 0 Å². The van der Waals surface area contributed by atoms with Crippen LogP contribution in [0, 0.1) is 33.6 Å². The van der Waals surface area contributed by atoms with Crippen molar-refractivity contribution in [3.05, 3.63) is 95.4 Å². The molecule has 4 aromatic rings. The molecule has 35 heavy (non-hydrogen) atoms. The van der Waals surface area contributed by atoms with E-state index in [1.54, 1.807) is 0 Å². The first-order valence-electron chi connectivity index (χ1n) is 12.7. The van der Waals surface area contributed by atoms with E-state index in [1.807, 2.05) is 24.7 Å². The van der Waals surface area contributed by atoms with E-state index in [0.29, 0.717) is 17.2 Å². The Labute approximate surface area is 212 Å². The number of furan rings is 2. The second-order valence-electron chi connectivity index (χ2n) is 10.2. The average Bonchev–Trinajstić information content (AvgIpc) is 3.57.